The van der Waals surface area contributed by atoms with Gasteiger partial charge in [-0.05, 0) is 32.0 Å². The van der Waals surface area contributed by atoms with E-state index in [4.69, 9.17) is 0 Å². The first kappa shape index (κ1) is 16.2. The molecule has 7 nitrogen and oxygen atoms in total. The number of carboxylic acid groups (broad SMARTS) is 1. The molecule has 22 heavy (non-hydrogen) atoms. The van der Waals surface area contributed by atoms with Crippen LogP contribution in [0.15, 0.2) is 18.3 Å². The van der Waals surface area contributed by atoms with E-state index in [2.05, 4.69) is 10.3 Å². The lowest BCUT2D eigenvalue weighted by molar-refractivity contribution is -0.130. The third kappa shape index (κ3) is 2.89. The molecule has 0 radical (unpaired) electrons. The number of aromatic nitrogens is 1. The SMILES string of the molecule is CCNC1(C(C)=O)CN(c2ccc(C)cn2)CCN1C(=O)O. The number of Topliss-reactive ketones (excluding diaryl/α,β-unsaturated/α-hetero) is 1. The molecule has 0 saturated carbocycles. The molecule has 1 aliphatic rings. The number of carbonyl (C=O) groups excluding carboxylic acids is 1. The van der Waals surface area contributed by atoms with E-state index in [1.165, 1.54) is 11.8 Å². The summed E-state index contributed by atoms with van der Waals surface area (Å²) in [6.07, 6.45) is 0.675. The molecular formula is C15H22N4O3. The van der Waals surface area contributed by atoms with Gasteiger partial charge in [-0.2, -0.15) is 0 Å². The van der Waals surface area contributed by atoms with Crippen LogP contribution in [0.4, 0.5) is 10.6 Å². The number of carbonyl (C=O) groups is 2. The normalized spacial score (nSPS) is 21.8. The lowest BCUT2D eigenvalue weighted by Gasteiger charge is -2.48. The van der Waals surface area contributed by atoms with Crippen LogP contribution < -0.4 is 10.2 Å². The monoisotopic (exact) mass is 306 g/mol. The predicted molar refractivity (Wildman–Crippen MR) is 83.0 cm³/mol. The zero-order chi connectivity index (χ0) is 16.3. The summed E-state index contributed by atoms with van der Waals surface area (Å²) >= 11 is 0. The number of hydrogen-bond donors (Lipinski definition) is 2. The van der Waals surface area contributed by atoms with Crippen molar-refractivity contribution in [3.63, 3.8) is 0 Å². The Labute approximate surface area is 129 Å². The molecule has 2 rings (SSSR count). The van der Waals surface area contributed by atoms with E-state index >= 15 is 0 Å². The number of nitrogens with zero attached hydrogens (tertiary/aromatic N) is 3. The van der Waals surface area contributed by atoms with Gasteiger partial charge in [-0.1, -0.05) is 13.0 Å². The van der Waals surface area contributed by atoms with Crippen LogP contribution in [0.1, 0.15) is 19.4 Å². The van der Waals surface area contributed by atoms with Gasteiger partial charge in [0.2, 0.25) is 0 Å². The average Bonchev–Trinajstić information content (AvgIpc) is 2.47. The molecule has 1 fully saturated rings. The third-order valence-electron chi connectivity index (χ3n) is 3.98. The maximum atomic E-state index is 12.2. The molecule has 1 unspecified atom stereocenters. The van der Waals surface area contributed by atoms with Crippen molar-refractivity contribution in [1.29, 1.82) is 0 Å². The van der Waals surface area contributed by atoms with Crippen LogP contribution in [0.3, 0.4) is 0 Å². The molecule has 1 aromatic heterocycles. The minimum Gasteiger partial charge on any atom is -0.465 e. The third-order valence-corrected chi connectivity index (χ3v) is 3.98. The molecule has 1 aromatic rings. The smallest absolute Gasteiger partial charge is 0.409 e. The van der Waals surface area contributed by atoms with Gasteiger partial charge in [0.1, 0.15) is 5.82 Å². The predicted octanol–water partition coefficient (Wildman–Crippen LogP) is 1.08. The summed E-state index contributed by atoms with van der Waals surface area (Å²) in [5.74, 6) is 0.535. The minimum atomic E-state index is -1.23. The second kappa shape index (κ2) is 6.31. The first-order valence-corrected chi connectivity index (χ1v) is 7.35. The summed E-state index contributed by atoms with van der Waals surface area (Å²) in [6.45, 7) is 6.73. The number of hydrogen-bond acceptors (Lipinski definition) is 5. The lowest BCUT2D eigenvalue weighted by atomic mass is 9.99. The van der Waals surface area contributed by atoms with Crippen molar-refractivity contribution < 1.29 is 14.7 Å². The van der Waals surface area contributed by atoms with E-state index in [9.17, 15) is 14.7 Å². The molecule has 1 saturated heterocycles. The standard InChI is InChI=1S/C15H22N4O3/c1-4-17-15(12(3)20)10-18(7-8-19(15)14(21)22)13-6-5-11(2)9-16-13/h5-6,9,17H,4,7-8,10H2,1-3H3,(H,21,22). The van der Waals surface area contributed by atoms with E-state index in [1.807, 2.05) is 30.9 Å². The molecule has 2 heterocycles. The largest absolute Gasteiger partial charge is 0.465 e. The number of likely N-dealkylation sites (N-methyl/N-ethyl adjacent to an activating group) is 1. The van der Waals surface area contributed by atoms with Crippen molar-refractivity contribution in [2.75, 3.05) is 31.1 Å². The summed E-state index contributed by atoms with van der Waals surface area (Å²) < 4.78 is 0. The number of aryl methyl sites for hydroxylation is 1. The van der Waals surface area contributed by atoms with Gasteiger partial charge in [0, 0.05) is 19.3 Å². The first-order valence-electron chi connectivity index (χ1n) is 7.35. The lowest BCUT2D eigenvalue weighted by Crippen LogP contribution is -2.73. The summed E-state index contributed by atoms with van der Waals surface area (Å²) in [5, 5.41) is 12.5. The van der Waals surface area contributed by atoms with E-state index in [0.29, 0.717) is 13.1 Å². The zero-order valence-corrected chi connectivity index (χ0v) is 13.2. The number of piperazine rings is 1. The highest BCUT2D eigenvalue weighted by Crippen LogP contribution is 2.24. The van der Waals surface area contributed by atoms with Gasteiger partial charge < -0.3 is 10.0 Å². The molecule has 0 spiro atoms. The van der Waals surface area contributed by atoms with Crippen LogP contribution in [-0.2, 0) is 4.79 Å². The van der Waals surface area contributed by atoms with Crippen LogP contribution in [0, 0.1) is 6.92 Å². The highest BCUT2D eigenvalue weighted by atomic mass is 16.4. The van der Waals surface area contributed by atoms with Crippen molar-refractivity contribution in [1.82, 2.24) is 15.2 Å². The molecule has 0 aromatic carbocycles. The molecule has 1 amide bonds. The highest BCUT2D eigenvalue weighted by molar-refractivity contribution is 5.90. The van der Waals surface area contributed by atoms with Gasteiger partial charge in [0.15, 0.2) is 11.4 Å². The number of anilines is 1. The first-order chi connectivity index (χ1) is 10.4. The van der Waals surface area contributed by atoms with Crippen molar-refractivity contribution in [3.8, 4) is 0 Å². The van der Waals surface area contributed by atoms with Gasteiger partial charge in [0.05, 0.1) is 6.54 Å². The Morgan fingerprint density at radius 3 is 2.64 bits per heavy atom. The van der Waals surface area contributed by atoms with Crippen LogP contribution in [0.25, 0.3) is 0 Å². The van der Waals surface area contributed by atoms with Crippen molar-refractivity contribution in [2.24, 2.45) is 0 Å². The maximum absolute atomic E-state index is 12.2. The minimum absolute atomic E-state index is 0.214. The second-order valence-electron chi connectivity index (χ2n) is 5.50. The van der Waals surface area contributed by atoms with Crippen LogP contribution >= 0.6 is 0 Å². The Bertz CT molecular complexity index is 560. The molecule has 1 aliphatic heterocycles. The quantitative estimate of drug-likeness (QED) is 0.866. The van der Waals surface area contributed by atoms with Crippen molar-refractivity contribution in [3.05, 3.63) is 23.9 Å². The Hall–Kier alpha value is -2.15. The Morgan fingerprint density at radius 1 is 1.41 bits per heavy atom. The van der Waals surface area contributed by atoms with Crippen molar-refractivity contribution in [2.45, 2.75) is 26.4 Å². The highest BCUT2D eigenvalue weighted by Gasteiger charge is 2.48. The van der Waals surface area contributed by atoms with Crippen LogP contribution in [0.2, 0.25) is 0 Å². The summed E-state index contributed by atoms with van der Waals surface area (Å²) in [4.78, 5) is 31.3. The van der Waals surface area contributed by atoms with E-state index in [0.717, 1.165) is 11.4 Å². The fourth-order valence-electron chi connectivity index (χ4n) is 2.82. The molecule has 0 bridgehead atoms. The number of nitrogens with one attached hydrogen (secondary N) is 1. The molecule has 120 valence electrons. The van der Waals surface area contributed by atoms with Crippen LogP contribution in [-0.4, -0.2) is 58.7 Å². The Kier molecular flexibility index (Phi) is 4.65. The Balaban J connectivity index is 2.35. The van der Waals surface area contributed by atoms with Gasteiger partial charge in [-0.15, -0.1) is 0 Å². The Morgan fingerprint density at radius 2 is 2.14 bits per heavy atom. The average molecular weight is 306 g/mol. The fraction of sp³-hybridized carbons (Fsp3) is 0.533. The van der Waals surface area contributed by atoms with E-state index < -0.39 is 11.8 Å². The summed E-state index contributed by atoms with van der Waals surface area (Å²) in [6, 6.07) is 3.84. The van der Waals surface area contributed by atoms with Gasteiger partial charge in [-0.3, -0.25) is 15.0 Å². The molecule has 0 aliphatic carbocycles. The summed E-state index contributed by atoms with van der Waals surface area (Å²) in [5.41, 5.74) is -0.178. The zero-order valence-electron chi connectivity index (χ0n) is 13.2. The molecule has 2 N–H and O–H groups in total. The van der Waals surface area contributed by atoms with Gasteiger partial charge in [-0.25, -0.2) is 9.78 Å². The van der Waals surface area contributed by atoms with Gasteiger partial charge >= 0.3 is 6.09 Å². The molecular weight excluding hydrogens is 284 g/mol. The number of rotatable bonds is 4. The topological polar surface area (TPSA) is 85.8 Å². The molecule has 7 heteroatoms. The van der Waals surface area contributed by atoms with E-state index in [-0.39, 0.29) is 18.9 Å². The second-order valence-corrected chi connectivity index (χ2v) is 5.50. The van der Waals surface area contributed by atoms with Gasteiger partial charge in [0.25, 0.3) is 0 Å². The summed E-state index contributed by atoms with van der Waals surface area (Å²) in [7, 11) is 0. The number of ketones is 1. The van der Waals surface area contributed by atoms with Crippen LogP contribution in [0.5, 0.6) is 0 Å². The maximum Gasteiger partial charge on any atom is 0.409 e. The fourth-order valence-corrected chi connectivity index (χ4v) is 2.82. The molecule has 1 atom stereocenters. The van der Waals surface area contributed by atoms with E-state index in [1.54, 1.807) is 6.20 Å². The number of pyridine rings is 1. The number of amides is 1. The van der Waals surface area contributed by atoms with Crippen molar-refractivity contribution >= 4 is 17.7 Å².